The summed E-state index contributed by atoms with van der Waals surface area (Å²) in [5.74, 6) is 0.986. The fourth-order valence-electron chi connectivity index (χ4n) is 5.24. The Morgan fingerprint density at radius 2 is 1.79 bits per heavy atom. The minimum atomic E-state index is -3.70. The van der Waals surface area contributed by atoms with Gasteiger partial charge in [-0.3, -0.25) is 4.31 Å². The number of nitrogens with one attached hydrogen (secondary N) is 1. The van der Waals surface area contributed by atoms with E-state index in [2.05, 4.69) is 12.2 Å². The zero-order valence-corrected chi connectivity index (χ0v) is 19.9. The fraction of sp³-hybridized carbons (Fsp3) is 0.333. The first-order valence-electron chi connectivity index (χ1n) is 11.6. The molecule has 3 atom stereocenters. The number of nitrogens with zero attached hydrogens (tertiary/aromatic N) is 1. The minimum absolute atomic E-state index is 0.0834. The molecule has 0 spiro atoms. The molecule has 3 aromatic rings. The van der Waals surface area contributed by atoms with Crippen LogP contribution in [0.3, 0.4) is 0 Å². The number of aryl methyl sites for hydroxylation is 1. The Morgan fingerprint density at radius 3 is 2.52 bits per heavy atom. The third-order valence-corrected chi connectivity index (χ3v) is 8.73. The van der Waals surface area contributed by atoms with Crippen LogP contribution in [0.5, 0.6) is 5.75 Å². The lowest BCUT2D eigenvalue weighted by molar-refractivity contribution is 0.303. The number of fused-ring (bicyclic) bond motifs is 3. The average Bonchev–Trinajstić information content (AvgIpc) is 3.33. The summed E-state index contributed by atoms with van der Waals surface area (Å²) < 4.78 is 35.5. The molecule has 172 valence electrons. The predicted molar refractivity (Wildman–Crippen MR) is 131 cm³/mol. The normalized spacial score (nSPS) is 22.0. The van der Waals surface area contributed by atoms with Gasteiger partial charge in [0.05, 0.1) is 10.6 Å². The standard InChI is InChI=1S/C27H30N2O3S/c1-3-25-23-15-16-28-27(23)24-17-21(32-18-20-7-5-4-6-8-20)11-14-26(24)29(25)33(30,31)22-12-9-19(2)10-13-22/h4-14,17,23,25,27-28H,3,15-16,18H2,1-2H3/t23-,25-,27-/m1/s1. The van der Waals surface area contributed by atoms with Crippen molar-refractivity contribution in [2.75, 3.05) is 10.8 Å². The van der Waals surface area contributed by atoms with Gasteiger partial charge in [0.15, 0.2) is 0 Å². The number of anilines is 1. The van der Waals surface area contributed by atoms with Crippen molar-refractivity contribution in [3.05, 3.63) is 89.5 Å². The maximum absolute atomic E-state index is 13.9. The Hall–Kier alpha value is -2.83. The van der Waals surface area contributed by atoms with E-state index in [9.17, 15) is 8.42 Å². The number of hydrogen-bond acceptors (Lipinski definition) is 4. The van der Waals surface area contributed by atoms with Crippen LogP contribution in [0.4, 0.5) is 5.69 Å². The minimum Gasteiger partial charge on any atom is -0.489 e. The highest BCUT2D eigenvalue weighted by Crippen LogP contribution is 2.48. The molecule has 6 heteroatoms. The second-order valence-electron chi connectivity index (χ2n) is 8.97. The smallest absolute Gasteiger partial charge is 0.264 e. The fourth-order valence-corrected chi connectivity index (χ4v) is 7.04. The van der Waals surface area contributed by atoms with E-state index in [1.54, 1.807) is 16.4 Å². The van der Waals surface area contributed by atoms with E-state index in [1.807, 2.05) is 67.6 Å². The number of sulfonamides is 1. The molecule has 2 aliphatic rings. The predicted octanol–water partition coefficient (Wildman–Crippen LogP) is 5.21. The molecule has 1 fully saturated rings. The highest BCUT2D eigenvalue weighted by molar-refractivity contribution is 7.92. The van der Waals surface area contributed by atoms with Crippen LogP contribution in [0.15, 0.2) is 77.7 Å². The van der Waals surface area contributed by atoms with Gasteiger partial charge < -0.3 is 10.1 Å². The number of hydrogen-bond donors (Lipinski definition) is 1. The van der Waals surface area contributed by atoms with Gasteiger partial charge in [0.25, 0.3) is 10.0 Å². The van der Waals surface area contributed by atoms with Gasteiger partial charge in [0.2, 0.25) is 0 Å². The highest BCUT2D eigenvalue weighted by atomic mass is 32.2. The number of benzene rings is 3. The quantitative estimate of drug-likeness (QED) is 0.546. The molecule has 0 saturated carbocycles. The zero-order chi connectivity index (χ0) is 23.0. The largest absolute Gasteiger partial charge is 0.489 e. The second-order valence-corrected chi connectivity index (χ2v) is 10.8. The second kappa shape index (κ2) is 8.84. The topological polar surface area (TPSA) is 58.6 Å². The Kier molecular flexibility index (Phi) is 5.89. The van der Waals surface area contributed by atoms with Gasteiger partial charge >= 0.3 is 0 Å². The summed E-state index contributed by atoms with van der Waals surface area (Å²) in [6, 6.07) is 23.1. The maximum Gasteiger partial charge on any atom is 0.264 e. The van der Waals surface area contributed by atoms with Gasteiger partial charge in [-0.25, -0.2) is 8.42 Å². The molecule has 1 saturated heterocycles. The van der Waals surface area contributed by atoms with E-state index >= 15 is 0 Å². The van der Waals surface area contributed by atoms with Gasteiger partial charge in [0, 0.05) is 18.0 Å². The summed E-state index contributed by atoms with van der Waals surface area (Å²) in [5, 5.41) is 3.62. The van der Waals surface area contributed by atoms with E-state index < -0.39 is 10.0 Å². The van der Waals surface area contributed by atoms with Gasteiger partial charge in [-0.15, -0.1) is 0 Å². The lowest BCUT2D eigenvalue weighted by Crippen LogP contribution is -2.49. The van der Waals surface area contributed by atoms with Crippen LogP contribution in [0, 0.1) is 12.8 Å². The zero-order valence-electron chi connectivity index (χ0n) is 19.1. The first-order valence-corrected chi connectivity index (χ1v) is 13.1. The average molecular weight is 463 g/mol. The van der Waals surface area contributed by atoms with E-state index in [0.717, 1.165) is 47.5 Å². The van der Waals surface area contributed by atoms with Crippen LogP contribution in [0.1, 0.15) is 42.5 Å². The van der Waals surface area contributed by atoms with Gasteiger partial charge in [-0.1, -0.05) is 55.0 Å². The van der Waals surface area contributed by atoms with Crippen molar-refractivity contribution in [3.63, 3.8) is 0 Å². The third kappa shape index (κ3) is 4.02. The van der Waals surface area contributed by atoms with Crippen molar-refractivity contribution in [2.24, 2.45) is 5.92 Å². The van der Waals surface area contributed by atoms with Crippen molar-refractivity contribution in [1.82, 2.24) is 5.32 Å². The van der Waals surface area contributed by atoms with Crippen LogP contribution in [-0.2, 0) is 16.6 Å². The van der Waals surface area contributed by atoms with Gasteiger partial charge in [0.1, 0.15) is 12.4 Å². The Bertz CT molecular complexity index is 1230. The summed E-state index contributed by atoms with van der Waals surface area (Å²) in [7, 11) is -3.70. The van der Waals surface area contributed by atoms with Crippen LogP contribution >= 0.6 is 0 Å². The molecule has 2 aliphatic heterocycles. The van der Waals surface area contributed by atoms with E-state index in [1.165, 1.54) is 0 Å². The van der Waals surface area contributed by atoms with Crippen molar-refractivity contribution in [3.8, 4) is 5.75 Å². The maximum atomic E-state index is 13.9. The third-order valence-electron chi connectivity index (χ3n) is 6.88. The molecule has 1 N–H and O–H groups in total. The monoisotopic (exact) mass is 462 g/mol. The first kappa shape index (κ1) is 22.0. The lowest BCUT2D eigenvalue weighted by atomic mass is 9.82. The molecule has 2 heterocycles. The molecule has 0 bridgehead atoms. The summed E-state index contributed by atoms with van der Waals surface area (Å²) >= 11 is 0. The first-order chi connectivity index (χ1) is 16.0. The summed E-state index contributed by atoms with van der Waals surface area (Å²) in [6.07, 6.45) is 1.72. The summed E-state index contributed by atoms with van der Waals surface area (Å²) in [4.78, 5) is 0.339. The number of ether oxygens (including phenoxy) is 1. The summed E-state index contributed by atoms with van der Waals surface area (Å²) in [5.41, 5.74) is 3.90. The van der Waals surface area contributed by atoms with E-state index in [0.29, 0.717) is 11.5 Å². The molecule has 0 radical (unpaired) electrons. The summed E-state index contributed by atoms with van der Waals surface area (Å²) in [6.45, 7) is 5.41. The Balaban J connectivity index is 1.55. The molecule has 0 aliphatic carbocycles. The van der Waals surface area contributed by atoms with Crippen LogP contribution < -0.4 is 14.4 Å². The molecular formula is C27H30N2O3S. The van der Waals surface area contributed by atoms with E-state index in [4.69, 9.17) is 4.74 Å². The molecule has 0 aromatic heterocycles. The molecule has 5 rings (SSSR count). The van der Waals surface area contributed by atoms with Crippen molar-refractivity contribution in [2.45, 2.75) is 50.3 Å². The highest BCUT2D eigenvalue weighted by Gasteiger charge is 2.47. The van der Waals surface area contributed by atoms with Crippen molar-refractivity contribution in [1.29, 1.82) is 0 Å². The van der Waals surface area contributed by atoms with Crippen molar-refractivity contribution < 1.29 is 13.2 Å². The number of rotatable bonds is 6. The Labute approximate surface area is 196 Å². The molecule has 3 aromatic carbocycles. The van der Waals surface area contributed by atoms with Gasteiger partial charge in [-0.05, 0) is 67.8 Å². The van der Waals surface area contributed by atoms with E-state index in [-0.39, 0.29) is 18.0 Å². The molecule has 0 unspecified atom stereocenters. The Morgan fingerprint density at radius 1 is 1.03 bits per heavy atom. The molecule has 5 nitrogen and oxygen atoms in total. The molecule has 0 amide bonds. The SMILES string of the molecule is CC[C@@H]1[C@H]2CCN[C@H]2c2cc(OCc3ccccc3)ccc2N1S(=O)(=O)c1ccc(C)cc1. The van der Waals surface area contributed by atoms with Gasteiger partial charge in [-0.2, -0.15) is 0 Å². The lowest BCUT2D eigenvalue weighted by Gasteiger charge is -2.44. The van der Waals surface area contributed by atoms with Crippen LogP contribution in [0.2, 0.25) is 0 Å². The van der Waals surface area contributed by atoms with Crippen LogP contribution in [-0.4, -0.2) is 21.0 Å². The molecular weight excluding hydrogens is 432 g/mol. The van der Waals surface area contributed by atoms with Crippen LogP contribution in [0.25, 0.3) is 0 Å². The molecule has 33 heavy (non-hydrogen) atoms. The van der Waals surface area contributed by atoms with Crippen molar-refractivity contribution >= 4 is 15.7 Å².